The first-order valence-corrected chi connectivity index (χ1v) is 8.95. The Morgan fingerprint density at radius 3 is 2.63 bits per heavy atom. The number of nitrogens with zero attached hydrogens (tertiary/aromatic N) is 3. The van der Waals surface area contributed by atoms with Crippen molar-refractivity contribution < 1.29 is 0 Å². The van der Waals surface area contributed by atoms with Gasteiger partial charge >= 0.3 is 0 Å². The highest BCUT2D eigenvalue weighted by Gasteiger charge is 2.07. The van der Waals surface area contributed by atoms with Crippen LogP contribution in [0.3, 0.4) is 0 Å². The largest absolute Gasteiger partial charge is 0.357 e. The summed E-state index contributed by atoms with van der Waals surface area (Å²) in [5, 5.41) is 11.1. The highest BCUT2D eigenvalue weighted by Crippen LogP contribution is 2.12. The fraction of sp³-hybridized carbons (Fsp3) is 0.238. The van der Waals surface area contributed by atoms with E-state index in [1.807, 2.05) is 35.1 Å². The Morgan fingerprint density at radius 2 is 1.93 bits per heavy atom. The SMILES string of the molecule is CCNC(=NCc1cccc(-n2cccn2)c1)NC(C)c1ccccc1.I. The van der Waals surface area contributed by atoms with Crippen LogP contribution in [0, 0.1) is 0 Å². The lowest BCUT2D eigenvalue weighted by atomic mass is 10.1. The molecule has 5 nitrogen and oxygen atoms in total. The average Bonchev–Trinajstić information content (AvgIpc) is 3.22. The van der Waals surface area contributed by atoms with Crippen LogP contribution in [-0.4, -0.2) is 22.3 Å². The summed E-state index contributed by atoms with van der Waals surface area (Å²) in [6, 6.07) is 20.8. The van der Waals surface area contributed by atoms with E-state index in [9.17, 15) is 0 Å². The molecular formula is C21H26IN5. The predicted molar refractivity (Wildman–Crippen MR) is 122 cm³/mol. The van der Waals surface area contributed by atoms with E-state index in [0.717, 1.165) is 23.8 Å². The average molecular weight is 475 g/mol. The lowest BCUT2D eigenvalue weighted by Crippen LogP contribution is -2.38. The number of guanidine groups is 1. The fourth-order valence-electron chi connectivity index (χ4n) is 2.74. The molecule has 1 atom stereocenters. The van der Waals surface area contributed by atoms with Crippen LogP contribution in [0.2, 0.25) is 0 Å². The third kappa shape index (κ3) is 6.09. The number of hydrogen-bond donors (Lipinski definition) is 2. The summed E-state index contributed by atoms with van der Waals surface area (Å²) in [5.41, 5.74) is 3.42. The molecule has 0 aliphatic carbocycles. The Bertz CT molecular complexity index is 831. The van der Waals surface area contributed by atoms with Gasteiger partial charge in [-0.1, -0.05) is 42.5 Å². The number of rotatable bonds is 6. The van der Waals surface area contributed by atoms with Crippen molar-refractivity contribution in [2.24, 2.45) is 4.99 Å². The summed E-state index contributed by atoms with van der Waals surface area (Å²) in [5.74, 6) is 0.813. The Labute approximate surface area is 177 Å². The molecule has 0 fully saturated rings. The Balaban J connectivity index is 0.00000261. The topological polar surface area (TPSA) is 54.2 Å². The van der Waals surface area contributed by atoms with Crippen molar-refractivity contribution in [2.75, 3.05) is 6.54 Å². The van der Waals surface area contributed by atoms with Crippen molar-refractivity contribution in [3.63, 3.8) is 0 Å². The van der Waals surface area contributed by atoms with E-state index in [-0.39, 0.29) is 30.0 Å². The zero-order valence-corrected chi connectivity index (χ0v) is 18.0. The molecule has 2 aromatic carbocycles. The van der Waals surface area contributed by atoms with Gasteiger partial charge in [0, 0.05) is 18.9 Å². The van der Waals surface area contributed by atoms with Gasteiger partial charge in [-0.2, -0.15) is 5.10 Å². The van der Waals surface area contributed by atoms with Crippen molar-refractivity contribution in [3.8, 4) is 5.69 Å². The molecule has 0 bridgehead atoms. The first-order valence-electron chi connectivity index (χ1n) is 8.95. The summed E-state index contributed by atoms with van der Waals surface area (Å²) in [6.07, 6.45) is 3.72. The van der Waals surface area contributed by atoms with Crippen LogP contribution in [0.25, 0.3) is 5.69 Å². The summed E-state index contributed by atoms with van der Waals surface area (Å²) < 4.78 is 1.86. The lowest BCUT2D eigenvalue weighted by molar-refractivity contribution is 0.686. The molecule has 1 unspecified atom stereocenters. The predicted octanol–water partition coefficient (Wildman–Crippen LogP) is 4.31. The monoisotopic (exact) mass is 475 g/mol. The number of aromatic nitrogens is 2. The molecule has 0 amide bonds. The van der Waals surface area contributed by atoms with E-state index >= 15 is 0 Å². The minimum Gasteiger partial charge on any atom is -0.357 e. The maximum absolute atomic E-state index is 4.74. The molecule has 0 spiro atoms. The third-order valence-corrected chi connectivity index (χ3v) is 4.10. The van der Waals surface area contributed by atoms with Crippen LogP contribution in [0.1, 0.15) is 31.0 Å². The quantitative estimate of drug-likeness (QED) is 0.318. The van der Waals surface area contributed by atoms with Crippen LogP contribution in [-0.2, 0) is 6.54 Å². The molecule has 3 rings (SSSR count). The van der Waals surface area contributed by atoms with Crippen molar-refractivity contribution >= 4 is 29.9 Å². The second-order valence-corrected chi connectivity index (χ2v) is 6.09. The Kier molecular flexibility index (Phi) is 8.32. The molecule has 27 heavy (non-hydrogen) atoms. The van der Waals surface area contributed by atoms with E-state index in [1.54, 1.807) is 6.20 Å². The van der Waals surface area contributed by atoms with E-state index in [4.69, 9.17) is 4.99 Å². The number of halogens is 1. The molecule has 3 aromatic rings. The van der Waals surface area contributed by atoms with Crippen molar-refractivity contribution in [3.05, 3.63) is 84.2 Å². The van der Waals surface area contributed by atoms with Gasteiger partial charge in [-0.05, 0) is 43.2 Å². The van der Waals surface area contributed by atoms with Gasteiger partial charge in [-0.3, -0.25) is 0 Å². The smallest absolute Gasteiger partial charge is 0.192 e. The van der Waals surface area contributed by atoms with E-state index in [1.165, 1.54) is 5.56 Å². The van der Waals surface area contributed by atoms with Gasteiger partial charge in [0.2, 0.25) is 0 Å². The van der Waals surface area contributed by atoms with Gasteiger partial charge in [0.05, 0.1) is 18.3 Å². The molecule has 1 heterocycles. The molecule has 1 aromatic heterocycles. The summed E-state index contributed by atoms with van der Waals surface area (Å²) in [4.78, 5) is 4.74. The summed E-state index contributed by atoms with van der Waals surface area (Å²) >= 11 is 0. The first kappa shape index (κ1) is 21.0. The lowest BCUT2D eigenvalue weighted by Gasteiger charge is -2.18. The molecule has 0 aliphatic rings. The molecule has 142 valence electrons. The highest BCUT2D eigenvalue weighted by atomic mass is 127. The molecule has 0 aliphatic heterocycles. The third-order valence-electron chi connectivity index (χ3n) is 4.10. The summed E-state index contributed by atoms with van der Waals surface area (Å²) in [6.45, 7) is 5.63. The second-order valence-electron chi connectivity index (χ2n) is 6.09. The highest BCUT2D eigenvalue weighted by molar-refractivity contribution is 14.0. The number of hydrogen-bond acceptors (Lipinski definition) is 2. The maximum Gasteiger partial charge on any atom is 0.192 e. The minimum absolute atomic E-state index is 0. The normalized spacial score (nSPS) is 12.1. The summed E-state index contributed by atoms with van der Waals surface area (Å²) in [7, 11) is 0. The van der Waals surface area contributed by atoms with Gasteiger partial charge in [0.25, 0.3) is 0 Å². The van der Waals surface area contributed by atoms with E-state index < -0.39 is 0 Å². The zero-order chi connectivity index (χ0) is 18.2. The Hall–Kier alpha value is -2.35. The van der Waals surface area contributed by atoms with Crippen LogP contribution in [0.5, 0.6) is 0 Å². The van der Waals surface area contributed by atoms with Crippen molar-refractivity contribution in [1.82, 2.24) is 20.4 Å². The van der Waals surface area contributed by atoms with Gasteiger partial charge in [0.15, 0.2) is 5.96 Å². The van der Waals surface area contributed by atoms with E-state index in [2.05, 4.69) is 66.0 Å². The minimum atomic E-state index is 0. The van der Waals surface area contributed by atoms with Crippen LogP contribution >= 0.6 is 24.0 Å². The van der Waals surface area contributed by atoms with Crippen LogP contribution in [0.4, 0.5) is 0 Å². The van der Waals surface area contributed by atoms with Gasteiger partial charge in [-0.15, -0.1) is 24.0 Å². The van der Waals surface area contributed by atoms with Gasteiger partial charge in [0.1, 0.15) is 0 Å². The standard InChI is InChI=1S/C21H25N5.HI/c1-3-22-21(25-17(2)19-10-5-4-6-11-19)23-16-18-9-7-12-20(15-18)26-14-8-13-24-26;/h4-15,17H,3,16H2,1-2H3,(H2,22,23,25);1H. The Morgan fingerprint density at radius 1 is 1.11 bits per heavy atom. The maximum atomic E-state index is 4.74. The number of benzene rings is 2. The van der Waals surface area contributed by atoms with Crippen molar-refractivity contribution in [2.45, 2.75) is 26.4 Å². The fourth-order valence-corrected chi connectivity index (χ4v) is 2.74. The first-order chi connectivity index (χ1) is 12.8. The van der Waals surface area contributed by atoms with Crippen molar-refractivity contribution in [1.29, 1.82) is 0 Å². The molecule has 2 N–H and O–H groups in total. The van der Waals surface area contributed by atoms with E-state index in [0.29, 0.717) is 6.54 Å². The van der Waals surface area contributed by atoms with Crippen LogP contribution < -0.4 is 10.6 Å². The molecule has 0 radical (unpaired) electrons. The second kappa shape index (κ2) is 10.7. The van der Waals surface area contributed by atoms with Gasteiger partial charge in [-0.25, -0.2) is 9.67 Å². The van der Waals surface area contributed by atoms with Crippen LogP contribution in [0.15, 0.2) is 78.0 Å². The number of nitrogens with one attached hydrogen (secondary N) is 2. The number of aliphatic imine (C=N–C) groups is 1. The molecule has 0 saturated carbocycles. The molecule has 6 heteroatoms. The molecular weight excluding hydrogens is 449 g/mol. The van der Waals surface area contributed by atoms with Gasteiger partial charge < -0.3 is 10.6 Å². The zero-order valence-electron chi connectivity index (χ0n) is 15.7. The molecule has 0 saturated heterocycles.